The van der Waals surface area contributed by atoms with E-state index in [-0.39, 0.29) is 17.1 Å². The Morgan fingerprint density at radius 2 is 0.507 bits per heavy atom. The molecule has 1 radical (unpaired) electrons. The van der Waals surface area contributed by atoms with Gasteiger partial charge in [0.05, 0.1) is 34.1 Å². The van der Waals surface area contributed by atoms with Gasteiger partial charge in [0, 0.05) is 11.1 Å². The smallest absolute Gasteiger partial charge is 0.536 e. The van der Waals surface area contributed by atoms with Crippen molar-refractivity contribution in [1.29, 1.82) is 0 Å². The molecular weight excluding hydrogens is 1130 g/mol. The Bertz CT molecular complexity index is 2150. The van der Waals surface area contributed by atoms with Crippen LogP contribution in [0.3, 0.4) is 0 Å². The van der Waals surface area contributed by atoms with Crippen molar-refractivity contribution in [2.45, 2.75) is 71.3 Å². The maximum absolute atomic E-state index is 13.5. The number of hydrogen-bond acceptors (Lipinski definition) is 6. The zero-order chi connectivity index (χ0) is 53.3. The summed E-state index contributed by atoms with van der Waals surface area (Å²) >= 11 is 0. The molecular formula is C26H6CuF30N2O6S2. The summed E-state index contributed by atoms with van der Waals surface area (Å²) in [5.74, 6) is -37.2. The number of carbonyl (C=O) groups excluding carboxylic acids is 2. The van der Waals surface area contributed by atoms with E-state index in [1.807, 2.05) is 0 Å². The minimum Gasteiger partial charge on any atom is -0.536 e. The van der Waals surface area contributed by atoms with Crippen molar-refractivity contribution in [3.8, 4) is 0 Å². The topological polar surface area (TPSA) is 131 Å². The molecule has 0 unspecified atom stereocenters. The summed E-state index contributed by atoms with van der Waals surface area (Å²) in [6.07, 6.45) is -37.7. The maximum atomic E-state index is 13.5. The van der Waals surface area contributed by atoms with Crippen LogP contribution in [0.15, 0.2) is 36.4 Å². The van der Waals surface area contributed by atoms with Gasteiger partial charge in [-0.1, -0.05) is 0 Å². The average Bonchev–Trinajstić information content (AvgIpc) is 3.08. The summed E-state index contributed by atoms with van der Waals surface area (Å²) in [7, 11) is -15.5. The Kier molecular flexibility index (Phi) is 17.1. The molecule has 67 heavy (non-hydrogen) atoms. The van der Waals surface area contributed by atoms with Crippen LogP contribution in [0.4, 0.5) is 132 Å². The number of benzene rings is 2. The monoisotopic (exact) mass is 1140 g/mol. The fourth-order valence-electron chi connectivity index (χ4n) is 3.64. The molecule has 2 amide bonds. The molecule has 0 aromatic heterocycles. The minimum atomic E-state index is -7.83. The summed E-state index contributed by atoms with van der Waals surface area (Å²) in [6.45, 7) is 0. The molecule has 2 aromatic carbocycles. The third kappa shape index (κ3) is 12.3. The zero-order valence-electron chi connectivity index (χ0n) is 29.3. The van der Waals surface area contributed by atoms with Gasteiger partial charge in [-0.25, -0.2) is 16.8 Å². The quantitative estimate of drug-likeness (QED) is 0.172. The van der Waals surface area contributed by atoms with Gasteiger partial charge in [0.1, 0.15) is 0 Å². The second kappa shape index (κ2) is 18.2. The number of halogens is 30. The van der Waals surface area contributed by atoms with Gasteiger partial charge in [0.2, 0.25) is 0 Å². The molecule has 41 heteroatoms. The normalized spacial score (nSPS) is 14.7. The van der Waals surface area contributed by atoms with E-state index < -0.39 is 173 Å². The molecule has 0 heterocycles. The molecule has 0 aliphatic rings. The number of sulfonamides is 2. The van der Waals surface area contributed by atoms with E-state index in [2.05, 4.69) is 0 Å². The fourth-order valence-corrected chi connectivity index (χ4v) is 5.42. The van der Waals surface area contributed by atoms with Crippen molar-refractivity contribution in [1.82, 2.24) is 0 Å². The predicted molar refractivity (Wildman–Crippen MR) is 148 cm³/mol. The van der Waals surface area contributed by atoms with Gasteiger partial charge in [-0.05, 0) is 36.4 Å². The SMILES string of the molecule is O=C([N-]S(=O)(=O)C(F)(F)C(F)(F)C(F)(F)C(F)(F)F)c1cc(C(F)(F)F)cc(C(F)(F)F)c1.O=C([N-]S(=O)(=O)C(F)(F)C(F)(F)C(F)(F)C(F)(F)F)c1cc(C(F)(F)F)cc(C(F)(F)F)c1.[Cu+2]. The van der Waals surface area contributed by atoms with Crippen LogP contribution in [0.25, 0.3) is 9.44 Å². The van der Waals surface area contributed by atoms with E-state index in [0.29, 0.717) is 0 Å². The summed E-state index contributed by atoms with van der Waals surface area (Å²) in [4.78, 5) is 23.1. The van der Waals surface area contributed by atoms with Crippen LogP contribution < -0.4 is 0 Å². The molecule has 0 bridgehead atoms. The first-order chi connectivity index (χ1) is 28.4. The molecule has 0 aliphatic carbocycles. The Morgan fingerprint density at radius 3 is 0.657 bits per heavy atom. The second-order valence-electron chi connectivity index (χ2n) is 11.7. The largest absolute Gasteiger partial charge is 2.00 e. The molecule has 2 rings (SSSR count). The molecule has 8 nitrogen and oxygen atoms in total. The molecule has 2 aromatic rings. The Hall–Kier alpha value is -4.30. The van der Waals surface area contributed by atoms with Gasteiger partial charge in [-0.3, -0.25) is 0 Å². The number of rotatable bonds is 10. The van der Waals surface area contributed by atoms with Crippen molar-refractivity contribution in [3.63, 3.8) is 0 Å². The Labute approximate surface area is 357 Å². The first-order valence-corrected chi connectivity index (χ1v) is 17.3. The van der Waals surface area contributed by atoms with Crippen molar-refractivity contribution in [2.75, 3.05) is 0 Å². The van der Waals surface area contributed by atoms with Crippen LogP contribution in [0.1, 0.15) is 43.0 Å². The van der Waals surface area contributed by atoms with Crippen LogP contribution in [-0.4, -0.2) is 75.2 Å². The molecule has 0 N–H and O–H groups in total. The average molecular weight is 1140 g/mol. The molecule has 0 aliphatic heterocycles. The minimum absolute atomic E-state index is 0. The Balaban J connectivity index is 0.00000128. The standard InChI is InChI=1S/2C13H4F15NO3S.Cu/c2*14-8(15,16)5-1-4(2-6(3-5)9(17,18)19)7(30)29-33(31,32)13(27,28)11(22,23)10(20,21)12(24,25)26;/h2*1-3H,(H,29,30);/q;;+2/p-2. The molecule has 0 fully saturated rings. The zero-order valence-corrected chi connectivity index (χ0v) is 31.8. The van der Waals surface area contributed by atoms with E-state index in [4.69, 9.17) is 0 Å². The van der Waals surface area contributed by atoms with E-state index in [1.54, 1.807) is 0 Å². The second-order valence-corrected chi connectivity index (χ2v) is 14.9. The van der Waals surface area contributed by atoms with E-state index in [1.165, 1.54) is 9.44 Å². The third-order valence-electron chi connectivity index (χ3n) is 6.96. The van der Waals surface area contributed by atoms with Gasteiger partial charge in [0.25, 0.3) is 0 Å². The van der Waals surface area contributed by atoms with Crippen LogP contribution >= 0.6 is 0 Å². The van der Waals surface area contributed by atoms with E-state index in [0.717, 1.165) is 0 Å². The first kappa shape index (κ1) is 62.7. The molecule has 0 spiro atoms. The van der Waals surface area contributed by atoms with Gasteiger partial charge < -0.3 is 19.0 Å². The molecule has 389 valence electrons. The van der Waals surface area contributed by atoms with Gasteiger partial charge >= 0.3 is 88.3 Å². The number of carbonyl (C=O) groups is 2. The van der Waals surface area contributed by atoms with Gasteiger partial charge in [-0.15, -0.1) is 0 Å². The van der Waals surface area contributed by atoms with Crippen molar-refractivity contribution in [2.24, 2.45) is 0 Å². The number of nitrogens with zero attached hydrogens (tertiary/aromatic N) is 2. The van der Waals surface area contributed by atoms with Crippen molar-refractivity contribution < 1.29 is 175 Å². The summed E-state index contributed by atoms with van der Waals surface area (Å²) in [6, 6.07) is -3.68. The molecule has 0 saturated carbocycles. The maximum Gasteiger partial charge on any atom is 2.00 e. The van der Waals surface area contributed by atoms with Crippen LogP contribution in [-0.2, 0) is 61.8 Å². The van der Waals surface area contributed by atoms with Crippen molar-refractivity contribution >= 4 is 31.9 Å². The first-order valence-electron chi connectivity index (χ1n) is 14.4. The summed E-state index contributed by atoms with van der Waals surface area (Å²) in [5, 5.41) is -15.0. The predicted octanol–water partition coefficient (Wildman–Crippen LogP) is 12.0. The molecule has 0 saturated heterocycles. The van der Waals surface area contributed by atoms with E-state index in [9.17, 15) is 158 Å². The fraction of sp³-hybridized carbons (Fsp3) is 0.462. The third-order valence-corrected chi connectivity index (χ3v) is 9.58. The Morgan fingerprint density at radius 1 is 0.328 bits per heavy atom. The number of amides is 2. The van der Waals surface area contributed by atoms with E-state index >= 15 is 0 Å². The number of alkyl halides is 30. The van der Waals surface area contributed by atoms with Gasteiger partial charge in [0.15, 0.2) is 20.0 Å². The summed E-state index contributed by atoms with van der Waals surface area (Å²) < 4.78 is 430. The van der Waals surface area contributed by atoms with Crippen LogP contribution in [0.2, 0.25) is 0 Å². The van der Waals surface area contributed by atoms with Crippen LogP contribution in [0, 0.1) is 0 Å². The molecule has 0 atom stereocenters. The number of hydrogen-bond donors (Lipinski definition) is 0. The van der Waals surface area contributed by atoms with Gasteiger partial charge in [-0.2, -0.15) is 132 Å². The summed E-state index contributed by atoms with van der Waals surface area (Å²) in [5.41, 5.74) is -13.6. The van der Waals surface area contributed by atoms with Crippen LogP contribution in [0.5, 0.6) is 0 Å². The van der Waals surface area contributed by atoms with Crippen molar-refractivity contribution in [3.05, 3.63) is 79.2 Å².